The van der Waals surface area contributed by atoms with Crippen molar-refractivity contribution in [2.75, 3.05) is 33.3 Å². The number of carbonyl (C=O) groups is 2. The number of nitrogens with two attached hydrogens (primary N) is 1. The van der Waals surface area contributed by atoms with Crippen LogP contribution in [0.5, 0.6) is 0 Å². The van der Waals surface area contributed by atoms with Crippen LogP contribution in [0.4, 0.5) is 0 Å². The monoisotopic (exact) mass is 408 g/mol. The Labute approximate surface area is 172 Å². The fourth-order valence-corrected chi connectivity index (χ4v) is 5.44. The maximum Gasteiger partial charge on any atom is 0.267 e. The lowest BCUT2D eigenvalue weighted by atomic mass is 9.62. The number of halogens is 1. The molecule has 7 nitrogen and oxygen atoms in total. The zero-order valence-corrected chi connectivity index (χ0v) is 17.3. The van der Waals surface area contributed by atoms with Crippen molar-refractivity contribution in [3.8, 4) is 0 Å². The Bertz CT molecular complexity index is 739. The molecule has 2 N–H and O–H groups in total. The number of likely N-dealkylation sites (tertiary alicyclic amines) is 2. The van der Waals surface area contributed by atoms with E-state index in [0.717, 1.165) is 44.6 Å². The van der Waals surface area contributed by atoms with Crippen LogP contribution in [0.3, 0.4) is 0 Å². The van der Waals surface area contributed by atoms with Crippen LogP contribution in [0.15, 0.2) is 18.3 Å². The van der Waals surface area contributed by atoms with Gasteiger partial charge in [0.2, 0.25) is 5.91 Å². The molecule has 3 aliphatic rings. The van der Waals surface area contributed by atoms with Crippen molar-refractivity contribution in [3.05, 3.63) is 29.6 Å². The first-order chi connectivity index (χ1) is 13.0. The maximum absolute atomic E-state index is 11.6. The van der Waals surface area contributed by atoms with Crippen LogP contribution in [-0.2, 0) is 15.1 Å². The van der Waals surface area contributed by atoms with Gasteiger partial charge in [0.05, 0.1) is 0 Å². The first-order valence-corrected chi connectivity index (χ1v) is 9.76. The molecular weight excluding hydrogens is 380 g/mol. The molecule has 4 rings (SSSR count). The largest absolute Gasteiger partial charge is 0.373 e. The predicted octanol–water partition coefficient (Wildman–Crippen LogP) is 1.41. The predicted molar refractivity (Wildman–Crippen MR) is 107 cm³/mol. The van der Waals surface area contributed by atoms with E-state index in [4.69, 9.17) is 10.5 Å². The fraction of sp³-hybridized carbons (Fsp3) is 0.650. The van der Waals surface area contributed by atoms with Crippen molar-refractivity contribution in [3.63, 3.8) is 0 Å². The van der Waals surface area contributed by atoms with Gasteiger partial charge in [-0.05, 0) is 30.5 Å². The van der Waals surface area contributed by atoms with Crippen molar-refractivity contribution in [1.29, 1.82) is 0 Å². The number of carbonyl (C=O) groups excluding carboxylic acids is 2. The van der Waals surface area contributed by atoms with Crippen molar-refractivity contribution in [1.82, 2.24) is 14.8 Å². The van der Waals surface area contributed by atoms with E-state index >= 15 is 0 Å². The number of fused-ring (bicyclic) bond motifs is 2. The molecule has 154 valence electrons. The molecule has 0 spiro atoms. The molecule has 1 unspecified atom stereocenters. The van der Waals surface area contributed by atoms with Crippen LogP contribution < -0.4 is 5.73 Å². The molecule has 2 bridgehead atoms. The number of hydrogen-bond donors (Lipinski definition) is 1. The average Bonchev–Trinajstić information content (AvgIpc) is 2.59. The van der Waals surface area contributed by atoms with Crippen LogP contribution in [0.25, 0.3) is 0 Å². The number of methoxy groups -OCH3 is 1. The lowest BCUT2D eigenvalue weighted by molar-refractivity contribution is -0.182. The zero-order chi connectivity index (χ0) is 19.2. The smallest absolute Gasteiger partial charge is 0.267 e. The number of aromatic nitrogens is 1. The molecule has 2 aliphatic heterocycles. The highest BCUT2D eigenvalue weighted by Crippen LogP contribution is 2.52. The van der Waals surface area contributed by atoms with E-state index in [9.17, 15) is 9.59 Å². The number of pyridine rings is 1. The van der Waals surface area contributed by atoms with Gasteiger partial charge in [-0.3, -0.25) is 19.5 Å². The summed E-state index contributed by atoms with van der Waals surface area (Å²) < 4.78 is 6.23. The highest BCUT2D eigenvalue weighted by atomic mass is 35.5. The normalized spacial score (nSPS) is 30.3. The van der Waals surface area contributed by atoms with E-state index in [1.54, 1.807) is 20.2 Å². The molecule has 2 saturated heterocycles. The summed E-state index contributed by atoms with van der Waals surface area (Å²) in [4.78, 5) is 31.7. The second-order valence-electron chi connectivity index (χ2n) is 8.15. The third kappa shape index (κ3) is 3.29. The SMILES string of the molecule is COC1(c2ccnc(C(N)=O)c2)[C@@H]2CCC[C@H]1CN(C1CN(C(C)=O)C1)C2.Cl. The third-order valence-corrected chi connectivity index (χ3v) is 6.85. The van der Waals surface area contributed by atoms with Crippen LogP contribution in [0.2, 0.25) is 0 Å². The molecule has 1 aromatic heterocycles. The van der Waals surface area contributed by atoms with E-state index in [0.29, 0.717) is 23.6 Å². The Kier molecular flexibility index (Phi) is 5.98. The Morgan fingerprint density at radius 2 is 1.86 bits per heavy atom. The summed E-state index contributed by atoms with van der Waals surface area (Å²) in [6, 6.07) is 4.23. The van der Waals surface area contributed by atoms with Crippen LogP contribution in [0, 0.1) is 11.8 Å². The first kappa shape index (κ1) is 21.0. The van der Waals surface area contributed by atoms with Gasteiger partial charge >= 0.3 is 0 Å². The molecule has 0 radical (unpaired) electrons. The summed E-state index contributed by atoms with van der Waals surface area (Å²) in [5, 5.41) is 0. The van der Waals surface area contributed by atoms with Gasteiger partial charge in [0.15, 0.2) is 0 Å². The number of hydrogen-bond acceptors (Lipinski definition) is 5. The molecular formula is C20H29ClN4O3. The Balaban J connectivity index is 0.00000225. The molecule has 1 saturated carbocycles. The quantitative estimate of drug-likeness (QED) is 0.813. The second kappa shape index (κ2) is 7.97. The van der Waals surface area contributed by atoms with Crippen molar-refractivity contribution in [2.45, 2.75) is 37.8 Å². The van der Waals surface area contributed by atoms with Gasteiger partial charge < -0.3 is 15.4 Å². The minimum absolute atomic E-state index is 0. The van der Waals surface area contributed by atoms with E-state index in [2.05, 4.69) is 9.88 Å². The van der Waals surface area contributed by atoms with Gasteiger partial charge in [0.25, 0.3) is 5.91 Å². The van der Waals surface area contributed by atoms with Gasteiger partial charge in [0, 0.05) is 64.3 Å². The minimum Gasteiger partial charge on any atom is -0.373 e. The molecule has 3 atom stereocenters. The Hall–Kier alpha value is -1.70. The van der Waals surface area contributed by atoms with Gasteiger partial charge in [0.1, 0.15) is 11.3 Å². The maximum atomic E-state index is 11.6. The molecule has 1 aliphatic carbocycles. The molecule has 1 aromatic rings. The number of piperidine rings is 1. The van der Waals surface area contributed by atoms with Gasteiger partial charge in [-0.15, -0.1) is 12.4 Å². The van der Waals surface area contributed by atoms with Gasteiger partial charge in [-0.25, -0.2) is 0 Å². The van der Waals surface area contributed by atoms with E-state index < -0.39 is 11.5 Å². The molecule has 3 fully saturated rings. The van der Waals surface area contributed by atoms with E-state index in [1.165, 1.54) is 6.42 Å². The summed E-state index contributed by atoms with van der Waals surface area (Å²) in [5.74, 6) is 0.351. The lowest BCUT2D eigenvalue weighted by Crippen LogP contribution is -2.67. The molecule has 3 heterocycles. The van der Waals surface area contributed by atoms with Crippen LogP contribution in [-0.4, -0.2) is 65.9 Å². The van der Waals surface area contributed by atoms with E-state index in [-0.39, 0.29) is 18.3 Å². The Morgan fingerprint density at radius 1 is 1.21 bits per heavy atom. The fourth-order valence-electron chi connectivity index (χ4n) is 5.44. The molecule has 8 heteroatoms. The summed E-state index contributed by atoms with van der Waals surface area (Å²) in [6.45, 7) is 5.20. The number of rotatable bonds is 4. The molecule has 2 amide bonds. The van der Waals surface area contributed by atoms with Crippen molar-refractivity contribution in [2.24, 2.45) is 17.6 Å². The Morgan fingerprint density at radius 3 is 2.39 bits per heavy atom. The summed E-state index contributed by atoms with van der Waals surface area (Å²) in [7, 11) is 1.78. The van der Waals surface area contributed by atoms with E-state index in [1.807, 2.05) is 17.0 Å². The minimum atomic E-state index is -0.510. The number of primary amides is 1. The first-order valence-electron chi connectivity index (χ1n) is 9.76. The number of amides is 2. The number of ether oxygens (including phenoxy) is 1. The third-order valence-electron chi connectivity index (χ3n) is 6.85. The summed E-state index contributed by atoms with van der Waals surface area (Å²) in [6.07, 6.45) is 5.05. The standard InChI is InChI=1S/C20H28N4O3.ClH/c1-13(25)23-11-17(12-23)24-9-15-4-3-5-16(10-24)20(15,27-2)14-6-7-22-18(8-14)19(21)26;/h6-8,15-17H,3-5,9-12H2,1-2H3,(H2,21,26);1H/t15-,16+,20?;. The average molecular weight is 409 g/mol. The van der Waals surface area contributed by atoms with Gasteiger partial charge in [-0.1, -0.05) is 6.42 Å². The van der Waals surface area contributed by atoms with Crippen LogP contribution in [0.1, 0.15) is 42.2 Å². The second-order valence-corrected chi connectivity index (χ2v) is 8.15. The summed E-state index contributed by atoms with van der Waals surface area (Å²) >= 11 is 0. The number of nitrogens with zero attached hydrogens (tertiary/aromatic N) is 3. The highest BCUT2D eigenvalue weighted by Gasteiger charge is 2.54. The van der Waals surface area contributed by atoms with Gasteiger partial charge in [-0.2, -0.15) is 0 Å². The molecule has 28 heavy (non-hydrogen) atoms. The van der Waals surface area contributed by atoms with Crippen molar-refractivity contribution < 1.29 is 14.3 Å². The lowest BCUT2D eigenvalue weighted by Gasteiger charge is -2.58. The molecule has 0 aromatic carbocycles. The zero-order valence-electron chi connectivity index (χ0n) is 16.5. The van der Waals surface area contributed by atoms with Crippen molar-refractivity contribution >= 4 is 24.2 Å². The van der Waals surface area contributed by atoms with Crippen LogP contribution >= 0.6 is 12.4 Å². The topological polar surface area (TPSA) is 88.8 Å². The summed E-state index contributed by atoms with van der Waals surface area (Å²) in [5.41, 5.74) is 6.37. The highest BCUT2D eigenvalue weighted by molar-refractivity contribution is 5.90.